The first-order valence-corrected chi connectivity index (χ1v) is 42.0. The number of hydrogen-bond acceptors (Lipinski definition) is 15. The molecule has 0 aliphatic heterocycles. The number of unbranched alkanes of at least 4 members (excludes halogenated alkanes) is 16. The second-order valence-corrected chi connectivity index (χ2v) is 28.1. The van der Waals surface area contributed by atoms with E-state index in [1.807, 2.05) is 36.5 Å². The number of allylic oxidation sites excluding steroid dienone is 29. The van der Waals surface area contributed by atoms with Crippen molar-refractivity contribution in [2.24, 2.45) is 0 Å². The van der Waals surface area contributed by atoms with Crippen molar-refractivity contribution in [2.75, 3.05) is 39.6 Å². The van der Waals surface area contributed by atoms with Gasteiger partial charge < -0.3 is 33.8 Å². The molecule has 17 nitrogen and oxygen atoms in total. The first kappa shape index (κ1) is 98.2. The van der Waals surface area contributed by atoms with E-state index in [4.69, 9.17) is 37.0 Å². The Morgan fingerprint density at radius 1 is 0.288 bits per heavy atom. The quantitative estimate of drug-likeness (QED) is 0.0169. The third-order valence-corrected chi connectivity index (χ3v) is 17.3. The topological polar surface area (TPSA) is 237 Å². The number of rotatable bonds is 71. The summed E-state index contributed by atoms with van der Waals surface area (Å²) in [6, 6.07) is 0. The first-order valence-electron chi connectivity index (χ1n) is 39.0. The maximum Gasteiger partial charge on any atom is 0.472 e. The molecule has 5 unspecified atom stereocenters. The lowest BCUT2D eigenvalue weighted by Gasteiger charge is -2.21. The predicted octanol–water partition coefficient (Wildman–Crippen LogP) is 22.8. The minimum atomic E-state index is -5.01. The van der Waals surface area contributed by atoms with Crippen molar-refractivity contribution in [2.45, 2.75) is 290 Å². The van der Waals surface area contributed by atoms with Crippen LogP contribution in [0, 0.1) is 0 Å². The van der Waals surface area contributed by atoms with Gasteiger partial charge >= 0.3 is 39.5 Å². The van der Waals surface area contributed by atoms with Gasteiger partial charge in [-0.3, -0.25) is 37.3 Å². The fourth-order valence-electron chi connectivity index (χ4n) is 9.48. The smallest absolute Gasteiger partial charge is 0.462 e. The minimum Gasteiger partial charge on any atom is -0.462 e. The molecule has 0 fully saturated rings. The van der Waals surface area contributed by atoms with E-state index in [1.54, 1.807) is 6.08 Å². The van der Waals surface area contributed by atoms with Crippen LogP contribution in [0.1, 0.15) is 272 Å². The Labute approximate surface area is 628 Å². The van der Waals surface area contributed by atoms with Gasteiger partial charge in [-0.1, -0.05) is 281 Å². The van der Waals surface area contributed by atoms with Crippen molar-refractivity contribution < 1.29 is 80.2 Å². The number of aliphatic hydroxyl groups excluding tert-OH is 1. The van der Waals surface area contributed by atoms with Crippen molar-refractivity contribution >= 4 is 39.5 Å². The number of hydrogen-bond donors (Lipinski definition) is 3. The molecule has 0 spiro atoms. The highest BCUT2D eigenvalue weighted by Gasteiger charge is 2.30. The van der Waals surface area contributed by atoms with E-state index in [-0.39, 0.29) is 25.7 Å². The summed E-state index contributed by atoms with van der Waals surface area (Å²) in [6.07, 6.45) is 90.7. The van der Waals surface area contributed by atoms with Gasteiger partial charge in [-0.15, -0.1) is 0 Å². The van der Waals surface area contributed by atoms with Gasteiger partial charge in [-0.2, -0.15) is 0 Å². The Morgan fingerprint density at radius 3 is 0.933 bits per heavy atom. The fraction of sp³-hybridized carbons (Fsp3) is 0.600. The monoisotopic (exact) mass is 1490 g/mol. The molecule has 0 aromatic carbocycles. The van der Waals surface area contributed by atoms with Gasteiger partial charge in [0, 0.05) is 19.3 Å². The molecule has 0 aromatic heterocycles. The van der Waals surface area contributed by atoms with Gasteiger partial charge in [0.25, 0.3) is 0 Å². The largest absolute Gasteiger partial charge is 0.472 e. The second kappa shape index (κ2) is 75.4. The maximum atomic E-state index is 13.1. The molecule has 588 valence electrons. The number of carbonyl (C=O) groups is 4. The lowest BCUT2D eigenvalue weighted by molar-refractivity contribution is -0.161. The molecule has 0 aliphatic rings. The van der Waals surface area contributed by atoms with Crippen molar-refractivity contribution in [1.82, 2.24) is 0 Å². The van der Waals surface area contributed by atoms with E-state index in [0.29, 0.717) is 32.1 Å². The van der Waals surface area contributed by atoms with Crippen LogP contribution in [-0.4, -0.2) is 96.7 Å². The number of phosphoric acid groups is 2. The number of esters is 4. The number of carbonyl (C=O) groups excluding carboxylic acids is 4. The molecule has 3 N–H and O–H groups in total. The highest BCUT2D eigenvalue weighted by atomic mass is 31.2. The van der Waals surface area contributed by atoms with E-state index in [9.17, 15) is 43.2 Å². The van der Waals surface area contributed by atoms with Crippen LogP contribution in [0.2, 0.25) is 0 Å². The molecule has 0 aliphatic carbocycles. The maximum absolute atomic E-state index is 13.1. The van der Waals surface area contributed by atoms with Gasteiger partial charge in [0.15, 0.2) is 12.2 Å². The number of ether oxygens (including phenoxy) is 4. The summed E-state index contributed by atoms with van der Waals surface area (Å²) < 4.78 is 68.3. The van der Waals surface area contributed by atoms with Crippen LogP contribution >= 0.6 is 15.6 Å². The Morgan fingerprint density at radius 2 is 0.567 bits per heavy atom. The van der Waals surface area contributed by atoms with E-state index in [2.05, 4.69) is 167 Å². The number of aliphatic hydroxyl groups is 1. The van der Waals surface area contributed by atoms with E-state index in [1.165, 1.54) is 25.7 Å². The third kappa shape index (κ3) is 74.4. The molecule has 0 aromatic rings. The summed E-state index contributed by atoms with van der Waals surface area (Å²) in [5.74, 6) is -2.46. The summed E-state index contributed by atoms with van der Waals surface area (Å²) in [4.78, 5) is 72.8. The summed E-state index contributed by atoms with van der Waals surface area (Å²) in [5.41, 5.74) is 0. The lowest BCUT2D eigenvalue weighted by Crippen LogP contribution is -2.30. The van der Waals surface area contributed by atoms with E-state index in [0.717, 1.165) is 161 Å². The van der Waals surface area contributed by atoms with E-state index >= 15 is 0 Å². The zero-order chi connectivity index (χ0) is 76.0. The second-order valence-electron chi connectivity index (χ2n) is 25.2. The van der Waals surface area contributed by atoms with Gasteiger partial charge in [0.05, 0.1) is 32.8 Å². The normalized spacial score (nSPS) is 14.9. The zero-order valence-electron chi connectivity index (χ0n) is 64.1. The van der Waals surface area contributed by atoms with Gasteiger partial charge in [-0.25, -0.2) is 9.13 Å². The van der Waals surface area contributed by atoms with Crippen molar-refractivity contribution in [3.8, 4) is 0 Å². The highest BCUT2D eigenvalue weighted by molar-refractivity contribution is 7.47. The highest BCUT2D eigenvalue weighted by Crippen LogP contribution is 2.45. The molecule has 0 saturated carbocycles. The SMILES string of the molecule is CC/C=C\C/C=C\C/C=C\C/C=C\C/C=C\C/C=C\CCC(=O)OCC(COP(=O)(O)OCC(O)COP(=O)(O)OCC(COC(=O)C/C=C\C/C=C\C/C=C\C/C=C\C/C=C\CC)OC(=O)CCCCCCC/C=C\CCCC)OC(=O)CCCCCCCC/C=C\C/C=C\C/C=C\CCCCC. The lowest BCUT2D eigenvalue weighted by atomic mass is 10.1. The van der Waals surface area contributed by atoms with Crippen molar-refractivity contribution in [3.63, 3.8) is 0 Å². The Balaban J connectivity index is 5.50. The fourth-order valence-corrected chi connectivity index (χ4v) is 11.1. The van der Waals surface area contributed by atoms with Crippen LogP contribution in [0.25, 0.3) is 0 Å². The Hall–Kier alpha value is -5.84. The van der Waals surface area contributed by atoms with Crippen LogP contribution in [0.5, 0.6) is 0 Å². The van der Waals surface area contributed by atoms with Crippen LogP contribution in [0.15, 0.2) is 182 Å². The van der Waals surface area contributed by atoms with Gasteiger partial charge in [-0.05, 0) is 148 Å². The predicted molar refractivity (Wildman–Crippen MR) is 426 cm³/mol. The summed E-state index contributed by atoms with van der Waals surface area (Å²) in [5, 5.41) is 10.6. The average Bonchev–Trinajstić information content (AvgIpc) is 0.928. The van der Waals surface area contributed by atoms with Gasteiger partial charge in [0.2, 0.25) is 0 Å². The molecule has 0 saturated heterocycles. The Bertz CT molecular complexity index is 2690. The molecule has 0 rings (SSSR count). The molecular weight excluding hydrogens is 1350 g/mol. The van der Waals surface area contributed by atoms with Gasteiger partial charge in [0.1, 0.15) is 19.3 Å². The minimum absolute atomic E-state index is 0.0245. The molecule has 5 atom stereocenters. The van der Waals surface area contributed by atoms with Crippen LogP contribution in [0.3, 0.4) is 0 Å². The van der Waals surface area contributed by atoms with Crippen LogP contribution in [-0.2, 0) is 65.4 Å². The summed E-state index contributed by atoms with van der Waals surface area (Å²) in [7, 11) is -10.0. The molecule has 0 amide bonds. The first-order chi connectivity index (χ1) is 50.7. The van der Waals surface area contributed by atoms with Crippen molar-refractivity contribution in [3.05, 3.63) is 182 Å². The molecular formula is C85H136O17P2. The Kier molecular flexibility index (Phi) is 71.2. The summed E-state index contributed by atoms with van der Waals surface area (Å²) >= 11 is 0. The van der Waals surface area contributed by atoms with Crippen LogP contribution in [0.4, 0.5) is 0 Å². The third-order valence-electron chi connectivity index (χ3n) is 15.4. The van der Waals surface area contributed by atoms with Crippen LogP contribution < -0.4 is 0 Å². The molecule has 104 heavy (non-hydrogen) atoms. The number of phosphoric ester groups is 2. The molecule has 0 heterocycles. The summed E-state index contributed by atoms with van der Waals surface area (Å²) in [6.45, 7) is 4.32. The molecule has 0 bridgehead atoms. The zero-order valence-corrected chi connectivity index (χ0v) is 65.9. The molecule has 19 heteroatoms. The standard InChI is InChI=1S/C85H136O17P2/c1-5-9-13-17-21-25-29-32-35-37-39-41-44-47-51-54-58-62-66-70-83(88)96-76-81(102-85(90)72-68-64-60-56-52-48-45-42-40-38-36-33-30-26-22-18-14-10-6-2)78-100-104(93,94)98-74-79(86)73-97-103(91,92)99-77-80(101-84(89)71-67-63-59-55-49-28-24-20-16-12-8-4)75-95-82(87)69-65-61-57-53-50-46-43-34-31-27-23-19-15-11-7-3/h9,11,13,15,20-27,32-36,39-43,47,50-51,53,58,61-62,65,79-81,86H,5-8,10,12,14,16-19,28-31,37-38,44-46,48-49,52,54-57,59-60,63-64,66-78H2,1-4H3,(H,91,92)(H,93,94)/b13-9-,15-11-,24-20-,25-21-,26-22-,27-23-,35-32-,36-33-,41-39-,42-40-,43-34-,51-47-,53-50-,62-58-,65-61-. The average molecular weight is 1490 g/mol. The molecule has 0 radical (unpaired) electrons. The van der Waals surface area contributed by atoms with E-state index < -0.39 is 97.5 Å². The van der Waals surface area contributed by atoms with Crippen molar-refractivity contribution in [1.29, 1.82) is 0 Å².